The minimum Gasteiger partial charge on any atom is -0.368 e. The minimum absolute atomic E-state index is 0.0157. The molecule has 0 bridgehead atoms. The minimum atomic E-state index is -4.69. The molecule has 0 unspecified atom stereocenters. The summed E-state index contributed by atoms with van der Waals surface area (Å²) in [5.74, 6) is 0.343. The molecule has 0 aliphatic carbocycles. The molecule has 1 aliphatic rings. The molecule has 0 amide bonds. The number of allylic oxidation sites excluding steroid dienone is 1. The molecule has 0 radical (unpaired) electrons. The number of para-hydroxylation sites is 1. The van der Waals surface area contributed by atoms with Crippen molar-refractivity contribution >= 4 is 17.3 Å². The van der Waals surface area contributed by atoms with E-state index in [4.69, 9.17) is 5.41 Å². The molecule has 0 saturated carbocycles. The third kappa shape index (κ3) is 5.23. The summed E-state index contributed by atoms with van der Waals surface area (Å²) in [5, 5.41) is 8.19. The van der Waals surface area contributed by atoms with Gasteiger partial charge >= 0.3 is 11.9 Å². The lowest BCUT2D eigenvalue weighted by atomic mass is 10.1. The molecule has 1 aromatic carbocycles. The van der Waals surface area contributed by atoms with Crippen molar-refractivity contribution in [2.75, 3.05) is 36.0 Å². The van der Waals surface area contributed by atoms with Gasteiger partial charge in [0.1, 0.15) is 12.0 Å². The lowest BCUT2D eigenvalue weighted by Gasteiger charge is -2.36. The van der Waals surface area contributed by atoms with Crippen LogP contribution in [-0.4, -0.2) is 52.6 Å². The molecule has 3 N–H and O–H groups in total. The van der Waals surface area contributed by atoms with Crippen molar-refractivity contribution in [3.63, 3.8) is 0 Å². The molecule has 8 nitrogen and oxygen atoms in total. The van der Waals surface area contributed by atoms with Crippen LogP contribution in [0.5, 0.6) is 0 Å². The largest absolute Gasteiger partial charge is 0.432 e. The van der Waals surface area contributed by atoms with Gasteiger partial charge in [-0.15, -0.1) is 0 Å². The molecule has 2 aromatic rings. The normalized spacial score (nSPS) is 15.1. The van der Waals surface area contributed by atoms with E-state index in [0.29, 0.717) is 25.1 Å². The molecule has 30 heavy (non-hydrogen) atoms. The Morgan fingerprint density at radius 2 is 1.87 bits per heavy atom. The lowest BCUT2D eigenvalue weighted by Crippen LogP contribution is -2.78. The highest BCUT2D eigenvalue weighted by molar-refractivity contribution is 5.96. The van der Waals surface area contributed by atoms with Gasteiger partial charge in [-0.25, -0.2) is 14.3 Å². The molecule has 3 rings (SSSR count). The second-order valence-electron chi connectivity index (χ2n) is 6.86. The van der Waals surface area contributed by atoms with Gasteiger partial charge in [0.2, 0.25) is 5.95 Å². The van der Waals surface area contributed by atoms with Crippen LogP contribution in [0.2, 0.25) is 0 Å². The van der Waals surface area contributed by atoms with Crippen molar-refractivity contribution in [2.24, 2.45) is 0 Å². The first-order valence-corrected chi connectivity index (χ1v) is 9.40. The molecular formula is C19H23F3N7O+. The van der Waals surface area contributed by atoms with Crippen molar-refractivity contribution in [2.45, 2.75) is 19.8 Å². The van der Waals surface area contributed by atoms with Crippen molar-refractivity contribution in [3.05, 3.63) is 58.9 Å². The number of nitrogens with two attached hydrogens (primary N) is 1. The Balaban J connectivity index is 1.56. The molecule has 11 heteroatoms. The smallest absolute Gasteiger partial charge is 0.368 e. The standard InChI is InChI=1S/C19H22F3N7O/c1-14-4-2-3-5-15(14)27-8-10-28(11-9-27)17-25-13-29(18(30)26-17)12-24-7-6-16(23)19(20,21)22/h2-7,13,23-24H,8-12H2,1H3/p+1/b7-6-,23-16?. The Kier molecular flexibility index (Phi) is 6.50. The van der Waals surface area contributed by atoms with Crippen LogP contribution in [-0.2, 0) is 6.67 Å². The molecule has 0 spiro atoms. The lowest BCUT2D eigenvalue weighted by molar-refractivity contribution is -0.620. The van der Waals surface area contributed by atoms with Crippen LogP contribution in [0, 0.1) is 12.3 Å². The highest BCUT2D eigenvalue weighted by Gasteiger charge is 2.32. The van der Waals surface area contributed by atoms with Gasteiger partial charge in [-0.3, -0.25) is 5.41 Å². The Hall–Kier alpha value is -3.21. The number of aryl methyl sites for hydroxylation is 1. The summed E-state index contributed by atoms with van der Waals surface area (Å²) in [6, 6.07) is 8.17. The number of quaternary nitrogens is 1. The Bertz CT molecular complexity index is 979. The predicted molar refractivity (Wildman–Crippen MR) is 107 cm³/mol. The number of alkyl halides is 3. The monoisotopic (exact) mass is 422 g/mol. The summed E-state index contributed by atoms with van der Waals surface area (Å²) in [6.07, 6.45) is -1.64. The van der Waals surface area contributed by atoms with Crippen molar-refractivity contribution in [1.82, 2.24) is 14.5 Å². The van der Waals surface area contributed by atoms with E-state index in [1.54, 1.807) is 0 Å². The fourth-order valence-corrected chi connectivity index (χ4v) is 3.13. The fraction of sp³-hybridized carbons (Fsp3) is 0.368. The maximum Gasteiger partial charge on any atom is 0.432 e. The van der Waals surface area contributed by atoms with E-state index in [2.05, 4.69) is 33.9 Å². The number of rotatable bonds is 6. The van der Waals surface area contributed by atoms with Crippen LogP contribution in [0.25, 0.3) is 0 Å². The fourth-order valence-electron chi connectivity index (χ4n) is 3.13. The highest BCUT2D eigenvalue weighted by Crippen LogP contribution is 2.21. The summed E-state index contributed by atoms with van der Waals surface area (Å²) in [7, 11) is 0. The summed E-state index contributed by atoms with van der Waals surface area (Å²) in [5.41, 5.74) is 0.413. The molecular weight excluding hydrogens is 399 g/mol. The first-order valence-electron chi connectivity index (χ1n) is 9.40. The third-order valence-corrected chi connectivity index (χ3v) is 4.78. The number of nitrogens with zero attached hydrogens (tertiary/aromatic N) is 5. The number of piperazine rings is 1. The average molecular weight is 422 g/mol. The van der Waals surface area contributed by atoms with E-state index >= 15 is 0 Å². The van der Waals surface area contributed by atoms with Gasteiger partial charge < -0.3 is 15.1 Å². The quantitative estimate of drug-likeness (QED) is 0.675. The van der Waals surface area contributed by atoms with Crippen LogP contribution >= 0.6 is 0 Å². The summed E-state index contributed by atoms with van der Waals surface area (Å²) >= 11 is 0. The van der Waals surface area contributed by atoms with E-state index in [9.17, 15) is 18.0 Å². The van der Waals surface area contributed by atoms with Gasteiger partial charge in [-0.1, -0.05) is 18.2 Å². The zero-order chi connectivity index (χ0) is 21.7. The van der Waals surface area contributed by atoms with Crippen LogP contribution in [0.1, 0.15) is 5.56 Å². The highest BCUT2D eigenvalue weighted by atomic mass is 19.4. The Morgan fingerprint density at radius 1 is 1.20 bits per heavy atom. The maximum absolute atomic E-state index is 12.3. The van der Waals surface area contributed by atoms with Crippen molar-refractivity contribution in [3.8, 4) is 0 Å². The Labute approximate surface area is 171 Å². The third-order valence-electron chi connectivity index (χ3n) is 4.78. The van der Waals surface area contributed by atoms with Crippen molar-refractivity contribution < 1.29 is 18.5 Å². The molecule has 1 aliphatic heterocycles. The molecule has 1 saturated heterocycles. The first-order chi connectivity index (χ1) is 14.3. The number of halogens is 3. The first kappa shape index (κ1) is 21.5. The summed E-state index contributed by atoms with van der Waals surface area (Å²) in [6.45, 7) is 4.99. The molecule has 160 valence electrons. The number of aromatic nitrogens is 3. The van der Waals surface area contributed by atoms with Crippen molar-refractivity contribution in [1.29, 1.82) is 5.41 Å². The van der Waals surface area contributed by atoms with Gasteiger partial charge in [0.25, 0.3) is 0 Å². The van der Waals surface area contributed by atoms with Crippen LogP contribution in [0.4, 0.5) is 24.8 Å². The average Bonchev–Trinajstić information content (AvgIpc) is 2.72. The second-order valence-corrected chi connectivity index (χ2v) is 6.86. The number of benzene rings is 1. The number of hydrogen-bond acceptors (Lipinski definition) is 6. The van der Waals surface area contributed by atoms with Gasteiger partial charge in [0.15, 0.2) is 6.67 Å². The summed E-state index contributed by atoms with van der Waals surface area (Å²) in [4.78, 5) is 24.7. The number of nitrogens with one attached hydrogen (secondary N) is 1. The van der Waals surface area contributed by atoms with Gasteiger partial charge in [-0.05, 0) is 18.6 Å². The molecule has 1 aromatic heterocycles. The maximum atomic E-state index is 12.3. The molecule has 0 atom stereocenters. The number of anilines is 2. The van der Waals surface area contributed by atoms with Crippen LogP contribution in [0.3, 0.4) is 0 Å². The predicted octanol–water partition coefficient (Wildman–Crippen LogP) is 0.890. The van der Waals surface area contributed by atoms with Gasteiger partial charge in [0.05, 0.1) is 6.20 Å². The van der Waals surface area contributed by atoms with E-state index in [0.717, 1.165) is 19.3 Å². The molecule has 1 fully saturated rings. The second kappa shape index (κ2) is 9.08. The molecule has 2 heterocycles. The van der Waals surface area contributed by atoms with E-state index in [1.807, 2.05) is 17.0 Å². The Morgan fingerprint density at radius 3 is 2.50 bits per heavy atom. The van der Waals surface area contributed by atoms with Gasteiger partial charge in [-0.2, -0.15) is 18.2 Å². The number of hydrogen-bond donors (Lipinski definition) is 2. The van der Waals surface area contributed by atoms with E-state index in [1.165, 1.54) is 27.5 Å². The van der Waals surface area contributed by atoms with Gasteiger partial charge in [0, 0.05) is 37.9 Å². The summed E-state index contributed by atoms with van der Waals surface area (Å²) < 4.78 is 37.9. The van der Waals surface area contributed by atoms with Crippen LogP contribution in [0.15, 0.2) is 47.7 Å². The topological polar surface area (TPSA) is 94.7 Å². The zero-order valence-corrected chi connectivity index (χ0v) is 16.4. The SMILES string of the molecule is Cc1ccccc1N1CCN(c2ncn(C[NH2+]/C=C\C(=N)C(F)(F)F)c(=O)n2)CC1. The van der Waals surface area contributed by atoms with E-state index < -0.39 is 17.6 Å². The van der Waals surface area contributed by atoms with E-state index in [-0.39, 0.29) is 6.67 Å². The zero-order valence-electron chi connectivity index (χ0n) is 16.4. The van der Waals surface area contributed by atoms with Crippen LogP contribution < -0.4 is 20.8 Å².